The third-order valence-corrected chi connectivity index (χ3v) is 5.91. The highest BCUT2D eigenvalue weighted by molar-refractivity contribution is 8.26. The average molecular weight is 467 g/mol. The maximum absolute atomic E-state index is 12.7. The fourth-order valence-electron chi connectivity index (χ4n) is 2.89. The molecule has 0 saturated carbocycles. The summed E-state index contributed by atoms with van der Waals surface area (Å²) in [7, 11) is 3.10. The van der Waals surface area contributed by atoms with Crippen molar-refractivity contribution in [2.45, 2.75) is 32.1 Å². The third-order valence-electron chi connectivity index (χ3n) is 4.53. The molecule has 1 aliphatic rings. The van der Waals surface area contributed by atoms with Gasteiger partial charge in [0.2, 0.25) is 5.91 Å². The van der Waals surface area contributed by atoms with Gasteiger partial charge in [-0.2, -0.15) is 0 Å². The van der Waals surface area contributed by atoms with Gasteiger partial charge in [-0.15, -0.1) is 0 Å². The predicted octanol–water partition coefficient (Wildman–Crippen LogP) is 3.06. The monoisotopic (exact) mass is 466 g/mol. The van der Waals surface area contributed by atoms with Crippen LogP contribution in [0.1, 0.15) is 37.7 Å². The van der Waals surface area contributed by atoms with E-state index in [0.29, 0.717) is 40.1 Å². The predicted molar refractivity (Wildman–Crippen MR) is 123 cm³/mol. The normalized spacial score (nSPS) is 14.8. The molecule has 1 aromatic rings. The van der Waals surface area contributed by atoms with Gasteiger partial charge in [0.1, 0.15) is 4.32 Å². The van der Waals surface area contributed by atoms with Crippen LogP contribution in [0.2, 0.25) is 0 Å². The summed E-state index contributed by atoms with van der Waals surface area (Å²) >= 11 is 6.51. The van der Waals surface area contributed by atoms with E-state index < -0.39 is 5.97 Å². The van der Waals surface area contributed by atoms with Gasteiger partial charge < -0.3 is 19.9 Å². The fourth-order valence-corrected chi connectivity index (χ4v) is 4.20. The van der Waals surface area contributed by atoms with Gasteiger partial charge >= 0.3 is 5.97 Å². The number of hydrogen-bond donors (Lipinski definition) is 2. The van der Waals surface area contributed by atoms with Crippen LogP contribution in [0.3, 0.4) is 0 Å². The van der Waals surface area contributed by atoms with E-state index in [4.69, 9.17) is 26.8 Å². The second-order valence-electron chi connectivity index (χ2n) is 6.75. The maximum atomic E-state index is 12.7. The van der Waals surface area contributed by atoms with E-state index in [1.165, 1.54) is 16.7 Å². The molecule has 2 rings (SSSR count). The lowest BCUT2D eigenvalue weighted by Gasteiger charge is -2.14. The Bertz CT molecular complexity index is 871. The van der Waals surface area contributed by atoms with Crippen LogP contribution >= 0.6 is 24.0 Å². The number of carbonyl (C=O) groups is 3. The first-order chi connectivity index (χ1) is 14.8. The lowest BCUT2D eigenvalue weighted by Crippen LogP contribution is -2.33. The SMILES string of the molecule is COc1ccc(/C=C2/SC(=S)N(CCC(=O)NCCCCCC(=O)O)C2=O)cc1OC. The minimum atomic E-state index is -0.812. The fraction of sp³-hybridized carbons (Fsp3) is 0.429. The number of hydrogen-bond acceptors (Lipinski definition) is 7. The first kappa shape index (κ1) is 24.7. The second-order valence-corrected chi connectivity index (χ2v) is 8.43. The van der Waals surface area contributed by atoms with Crippen LogP contribution in [0.4, 0.5) is 0 Å². The number of nitrogens with zero attached hydrogens (tertiary/aromatic N) is 1. The quantitative estimate of drug-likeness (QED) is 0.275. The molecule has 10 heteroatoms. The van der Waals surface area contributed by atoms with E-state index >= 15 is 0 Å². The minimum absolute atomic E-state index is 0.138. The van der Waals surface area contributed by atoms with Crippen molar-refractivity contribution >= 4 is 52.2 Å². The van der Waals surface area contributed by atoms with Crippen molar-refractivity contribution in [3.8, 4) is 11.5 Å². The molecule has 8 nitrogen and oxygen atoms in total. The zero-order chi connectivity index (χ0) is 22.8. The first-order valence-electron chi connectivity index (χ1n) is 9.81. The maximum Gasteiger partial charge on any atom is 0.303 e. The number of unbranched alkanes of at least 4 members (excludes halogenated alkanes) is 2. The summed E-state index contributed by atoms with van der Waals surface area (Å²) < 4.78 is 10.9. The van der Waals surface area contributed by atoms with Crippen molar-refractivity contribution in [1.82, 2.24) is 10.2 Å². The third kappa shape index (κ3) is 7.55. The zero-order valence-corrected chi connectivity index (χ0v) is 19.1. The number of carbonyl (C=O) groups excluding carboxylic acids is 2. The summed E-state index contributed by atoms with van der Waals surface area (Å²) in [6.07, 6.45) is 4.06. The Hall–Kier alpha value is -2.59. The van der Waals surface area contributed by atoms with Crippen LogP contribution in [-0.2, 0) is 14.4 Å². The number of carboxylic acids is 1. The van der Waals surface area contributed by atoms with Crippen LogP contribution in [-0.4, -0.2) is 59.4 Å². The van der Waals surface area contributed by atoms with Crippen molar-refractivity contribution < 1.29 is 29.0 Å². The molecule has 0 bridgehead atoms. The molecule has 0 unspecified atom stereocenters. The Morgan fingerprint density at radius 1 is 1.16 bits per heavy atom. The van der Waals surface area contributed by atoms with E-state index in [2.05, 4.69) is 5.32 Å². The Morgan fingerprint density at radius 3 is 2.58 bits per heavy atom. The Labute approximate surface area is 191 Å². The van der Waals surface area contributed by atoms with Gasteiger partial charge in [-0.05, 0) is 36.6 Å². The number of amides is 2. The molecule has 0 atom stereocenters. The lowest BCUT2D eigenvalue weighted by molar-refractivity contribution is -0.137. The summed E-state index contributed by atoms with van der Waals surface area (Å²) in [4.78, 5) is 37.1. The summed E-state index contributed by atoms with van der Waals surface area (Å²) in [5.41, 5.74) is 0.777. The average Bonchev–Trinajstić information content (AvgIpc) is 3.01. The molecule has 1 saturated heterocycles. The van der Waals surface area contributed by atoms with Gasteiger partial charge in [0.25, 0.3) is 5.91 Å². The Balaban J connectivity index is 1.84. The summed E-state index contributed by atoms with van der Waals surface area (Å²) in [6, 6.07) is 5.35. The standard InChI is InChI=1S/C21H26N2O6S2/c1-28-15-8-7-14(12-16(15)29-2)13-17-20(27)23(21(30)31-17)11-9-18(24)22-10-5-3-4-6-19(25)26/h7-8,12-13H,3-6,9-11H2,1-2H3,(H,22,24)(H,25,26)/b17-13+. The highest BCUT2D eigenvalue weighted by Gasteiger charge is 2.32. The molecule has 1 heterocycles. The number of ether oxygens (including phenoxy) is 2. The Kier molecular flexibility index (Phi) is 9.80. The molecule has 0 radical (unpaired) electrons. The molecule has 31 heavy (non-hydrogen) atoms. The van der Waals surface area contributed by atoms with Crippen LogP contribution in [0.15, 0.2) is 23.1 Å². The van der Waals surface area contributed by atoms with E-state index in [-0.39, 0.29) is 31.2 Å². The van der Waals surface area contributed by atoms with E-state index in [1.54, 1.807) is 32.4 Å². The second kappa shape index (κ2) is 12.3. The van der Waals surface area contributed by atoms with Crippen LogP contribution in [0.25, 0.3) is 6.08 Å². The van der Waals surface area contributed by atoms with Gasteiger partial charge in [-0.25, -0.2) is 0 Å². The summed E-state index contributed by atoms with van der Waals surface area (Å²) in [5.74, 6) is -0.0541. The summed E-state index contributed by atoms with van der Waals surface area (Å²) in [6.45, 7) is 0.689. The Morgan fingerprint density at radius 2 is 1.90 bits per heavy atom. The van der Waals surface area contributed by atoms with Crippen molar-refractivity contribution in [3.63, 3.8) is 0 Å². The lowest BCUT2D eigenvalue weighted by atomic mass is 10.2. The molecule has 1 aliphatic heterocycles. The molecule has 0 spiro atoms. The van der Waals surface area contributed by atoms with Crippen LogP contribution in [0.5, 0.6) is 11.5 Å². The number of thioether (sulfide) groups is 1. The topological polar surface area (TPSA) is 105 Å². The molecular weight excluding hydrogens is 440 g/mol. The minimum Gasteiger partial charge on any atom is -0.493 e. The molecule has 1 aromatic carbocycles. The van der Waals surface area contributed by atoms with Gasteiger partial charge in [-0.1, -0.05) is 36.5 Å². The van der Waals surface area contributed by atoms with Crippen molar-refractivity contribution in [1.29, 1.82) is 0 Å². The number of nitrogens with one attached hydrogen (secondary N) is 1. The van der Waals surface area contributed by atoms with Crippen molar-refractivity contribution in [2.75, 3.05) is 27.3 Å². The van der Waals surface area contributed by atoms with Crippen molar-refractivity contribution in [3.05, 3.63) is 28.7 Å². The molecule has 0 aliphatic carbocycles. The number of rotatable bonds is 12. The smallest absolute Gasteiger partial charge is 0.303 e. The number of thiocarbonyl (C=S) groups is 1. The molecule has 0 aromatic heterocycles. The number of benzene rings is 1. The van der Waals surface area contributed by atoms with Crippen LogP contribution < -0.4 is 14.8 Å². The highest BCUT2D eigenvalue weighted by Crippen LogP contribution is 2.34. The van der Waals surface area contributed by atoms with Crippen molar-refractivity contribution in [2.24, 2.45) is 0 Å². The van der Waals surface area contributed by atoms with E-state index in [1.807, 2.05) is 6.07 Å². The van der Waals surface area contributed by atoms with Gasteiger partial charge in [0, 0.05) is 25.9 Å². The van der Waals surface area contributed by atoms with E-state index in [9.17, 15) is 14.4 Å². The molecule has 1 fully saturated rings. The van der Waals surface area contributed by atoms with Crippen LogP contribution in [0, 0.1) is 0 Å². The van der Waals surface area contributed by atoms with E-state index in [0.717, 1.165) is 12.0 Å². The molecule has 2 amide bonds. The zero-order valence-electron chi connectivity index (χ0n) is 17.5. The largest absolute Gasteiger partial charge is 0.493 e. The van der Waals surface area contributed by atoms with Gasteiger partial charge in [-0.3, -0.25) is 19.3 Å². The number of methoxy groups -OCH3 is 2. The van der Waals surface area contributed by atoms with Gasteiger partial charge in [0.15, 0.2) is 11.5 Å². The molecule has 168 valence electrons. The first-order valence-corrected chi connectivity index (χ1v) is 11.0. The molecular formula is C21H26N2O6S2. The summed E-state index contributed by atoms with van der Waals surface area (Å²) in [5, 5.41) is 11.4. The number of carboxylic acid groups (broad SMARTS) is 1. The number of aliphatic carboxylic acids is 1. The highest BCUT2D eigenvalue weighted by atomic mass is 32.2. The van der Waals surface area contributed by atoms with Gasteiger partial charge in [0.05, 0.1) is 19.1 Å². The molecule has 2 N–H and O–H groups in total.